The molecule has 2 aliphatic heterocycles. The molecule has 0 spiro atoms. The topological polar surface area (TPSA) is 38.8 Å². The molecule has 0 aromatic heterocycles. The molecule has 0 bridgehead atoms. The lowest BCUT2D eigenvalue weighted by molar-refractivity contribution is 0.0656. The van der Waals surface area contributed by atoms with Crippen molar-refractivity contribution in [2.24, 2.45) is 0 Å². The lowest BCUT2D eigenvalue weighted by Crippen LogP contribution is -2.52. The molecule has 1 N–H and O–H groups in total. The molecule has 2 fully saturated rings. The number of benzene rings is 1. The molecule has 0 saturated carbocycles. The quantitative estimate of drug-likeness (QED) is 0.860. The van der Waals surface area contributed by atoms with E-state index in [1.807, 2.05) is 17.0 Å². The lowest BCUT2D eigenvalue weighted by atomic mass is 10.1. The number of halogens is 2. The molecular weight excluding hydrogens is 359 g/mol. The summed E-state index contributed by atoms with van der Waals surface area (Å²) in [4.78, 5) is 19.5. The zero-order chi connectivity index (χ0) is 16.2. The van der Waals surface area contributed by atoms with Crippen LogP contribution >= 0.6 is 24.8 Å². The number of rotatable bonds is 3. The Morgan fingerprint density at radius 2 is 1.72 bits per heavy atom. The smallest absolute Gasteiger partial charge is 0.254 e. The van der Waals surface area contributed by atoms with Crippen molar-refractivity contribution in [1.82, 2.24) is 15.1 Å². The van der Waals surface area contributed by atoms with Crippen LogP contribution in [-0.2, 0) is 0 Å². The normalized spacial score (nSPS) is 21.3. The molecule has 7 heteroatoms. The molecule has 2 heterocycles. The summed E-state index contributed by atoms with van der Waals surface area (Å²) in [5.41, 5.74) is 2.03. The van der Waals surface area contributed by atoms with Crippen molar-refractivity contribution < 1.29 is 4.79 Å². The number of likely N-dealkylation sites (N-methyl/N-ethyl adjacent to an activating group) is 1. The summed E-state index contributed by atoms with van der Waals surface area (Å²) in [6.45, 7) is 12.4. The fraction of sp³-hybridized carbons (Fsp3) is 0.611. The first-order valence-electron chi connectivity index (χ1n) is 8.78. The van der Waals surface area contributed by atoms with Gasteiger partial charge in [-0.05, 0) is 37.7 Å². The van der Waals surface area contributed by atoms with Crippen molar-refractivity contribution in [3.05, 3.63) is 29.8 Å². The van der Waals surface area contributed by atoms with Gasteiger partial charge in [0.1, 0.15) is 0 Å². The summed E-state index contributed by atoms with van der Waals surface area (Å²) in [6.07, 6.45) is 0. The first-order chi connectivity index (χ1) is 11.2. The lowest BCUT2D eigenvalue weighted by Gasteiger charge is -2.36. The van der Waals surface area contributed by atoms with E-state index in [1.165, 1.54) is 5.69 Å². The summed E-state index contributed by atoms with van der Waals surface area (Å²) in [5, 5.41) is 3.33. The van der Waals surface area contributed by atoms with Crippen molar-refractivity contribution in [1.29, 1.82) is 0 Å². The number of carbonyl (C=O) groups is 1. The van der Waals surface area contributed by atoms with Crippen molar-refractivity contribution in [3.8, 4) is 0 Å². The van der Waals surface area contributed by atoms with Crippen LogP contribution in [0.1, 0.15) is 24.2 Å². The minimum absolute atomic E-state index is 0. The highest BCUT2D eigenvalue weighted by Crippen LogP contribution is 2.19. The van der Waals surface area contributed by atoms with Crippen molar-refractivity contribution in [2.75, 3.05) is 57.3 Å². The Kier molecular flexibility index (Phi) is 9.00. The average molecular weight is 389 g/mol. The summed E-state index contributed by atoms with van der Waals surface area (Å²) in [7, 11) is 0. The molecule has 0 radical (unpaired) electrons. The molecule has 3 rings (SSSR count). The number of nitrogens with zero attached hydrogens (tertiary/aromatic N) is 3. The Morgan fingerprint density at radius 3 is 2.28 bits per heavy atom. The van der Waals surface area contributed by atoms with E-state index in [-0.39, 0.29) is 36.8 Å². The number of nitrogens with one attached hydrogen (secondary N) is 1. The van der Waals surface area contributed by atoms with Crippen molar-refractivity contribution in [2.45, 2.75) is 19.9 Å². The van der Waals surface area contributed by atoms with Gasteiger partial charge in [-0.2, -0.15) is 0 Å². The molecule has 1 aromatic carbocycles. The highest BCUT2D eigenvalue weighted by Gasteiger charge is 2.24. The zero-order valence-corrected chi connectivity index (χ0v) is 16.7. The van der Waals surface area contributed by atoms with E-state index in [9.17, 15) is 4.79 Å². The third-order valence-electron chi connectivity index (χ3n) is 5.06. The predicted molar refractivity (Wildman–Crippen MR) is 109 cm³/mol. The Bertz CT molecular complexity index is 532. The van der Waals surface area contributed by atoms with Gasteiger partial charge in [-0.25, -0.2) is 0 Å². The van der Waals surface area contributed by atoms with Gasteiger partial charge in [-0.3, -0.25) is 4.79 Å². The molecule has 1 aromatic rings. The first kappa shape index (κ1) is 22.0. The van der Waals surface area contributed by atoms with Gasteiger partial charge in [0.05, 0.1) is 0 Å². The molecule has 0 aliphatic carbocycles. The number of hydrogen-bond acceptors (Lipinski definition) is 4. The SMILES string of the molecule is CCN1CCN(c2ccc(C(=O)N3CCNC[C@@H]3C)cc2)CC1.Cl.Cl. The van der Waals surface area contributed by atoms with E-state index in [4.69, 9.17) is 0 Å². The second kappa shape index (κ2) is 10.2. The highest BCUT2D eigenvalue weighted by molar-refractivity contribution is 5.94. The first-order valence-corrected chi connectivity index (χ1v) is 8.78. The number of amides is 1. The molecule has 1 amide bonds. The van der Waals surface area contributed by atoms with Crippen LogP contribution in [0.25, 0.3) is 0 Å². The predicted octanol–water partition coefficient (Wildman–Crippen LogP) is 2.11. The maximum Gasteiger partial charge on any atom is 0.254 e. The van der Waals surface area contributed by atoms with Crippen LogP contribution in [-0.4, -0.2) is 74.1 Å². The van der Waals surface area contributed by atoms with Gasteiger partial charge in [0.15, 0.2) is 0 Å². The van der Waals surface area contributed by atoms with Crippen LogP contribution in [0.2, 0.25) is 0 Å². The molecule has 5 nitrogen and oxygen atoms in total. The zero-order valence-electron chi connectivity index (χ0n) is 15.1. The van der Waals surface area contributed by atoms with Crippen LogP contribution in [0.5, 0.6) is 0 Å². The van der Waals surface area contributed by atoms with Gasteiger partial charge in [0.2, 0.25) is 0 Å². The fourth-order valence-corrected chi connectivity index (χ4v) is 3.45. The molecule has 142 valence electrons. The third-order valence-corrected chi connectivity index (χ3v) is 5.06. The second-order valence-electron chi connectivity index (χ2n) is 6.52. The molecule has 0 unspecified atom stereocenters. The van der Waals surface area contributed by atoms with Crippen LogP contribution in [0, 0.1) is 0 Å². The van der Waals surface area contributed by atoms with E-state index in [0.29, 0.717) is 0 Å². The van der Waals surface area contributed by atoms with Gasteiger partial charge >= 0.3 is 0 Å². The highest BCUT2D eigenvalue weighted by atomic mass is 35.5. The van der Waals surface area contributed by atoms with Crippen LogP contribution in [0.15, 0.2) is 24.3 Å². The van der Waals surface area contributed by atoms with Gasteiger partial charge < -0.3 is 20.0 Å². The van der Waals surface area contributed by atoms with Crippen molar-refractivity contribution in [3.63, 3.8) is 0 Å². The maximum atomic E-state index is 12.7. The van der Waals surface area contributed by atoms with Gasteiger partial charge in [0.25, 0.3) is 5.91 Å². The monoisotopic (exact) mass is 388 g/mol. The van der Waals surface area contributed by atoms with Gasteiger partial charge in [-0.15, -0.1) is 24.8 Å². The molecule has 2 aliphatic rings. The Labute approximate surface area is 163 Å². The number of carbonyl (C=O) groups excluding carboxylic acids is 1. The molecule has 25 heavy (non-hydrogen) atoms. The van der Waals surface area contributed by atoms with Crippen molar-refractivity contribution >= 4 is 36.4 Å². The van der Waals surface area contributed by atoms with E-state index in [0.717, 1.165) is 57.9 Å². The van der Waals surface area contributed by atoms with Gasteiger partial charge in [-0.1, -0.05) is 6.92 Å². The summed E-state index contributed by atoms with van der Waals surface area (Å²) in [6, 6.07) is 8.43. The number of hydrogen-bond donors (Lipinski definition) is 1. The number of piperazine rings is 2. The van der Waals surface area contributed by atoms with Crippen LogP contribution in [0.4, 0.5) is 5.69 Å². The van der Waals surface area contributed by atoms with E-state index in [1.54, 1.807) is 0 Å². The third kappa shape index (κ3) is 5.23. The molecule has 1 atom stereocenters. The van der Waals surface area contributed by atoms with E-state index in [2.05, 4.69) is 41.1 Å². The Hall–Kier alpha value is -1.01. The van der Waals surface area contributed by atoms with E-state index < -0.39 is 0 Å². The summed E-state index contributed by atoms with van der Waals surface area (Å²) in [5.74, 6) is 0.154. The Balaban J connectivity index is 0.00000156. The minimum atomic E-state index is 0. The summed E-state index contributed by atoms with van der Waals surface area (Å²) >= 11 is 0. The fourth-order valence-electron chi connectivity index (χ4n) is 3.45. The van der Waals surface area contributed by atoms with Crippen LogP contribution in [0.3, 0.4) is 0 Å². The summed E-state index contributed by atoms with van der Waals surface area (Å²) < 4.78 is 0. The Morgan fingerprint density at radius 1 is 1.08 bits per heavy atom. The number of anilines is 1. The van der Waals surface area contributed by atoms with E-state index >= 15 is 0 Å². The minimum Gasteiger partial charge on any atom is -0.369 e. The van der Waals surface area contributed by atoms with Gasteiger partial charge in [0, 0.05) is 63.1 Å². The molecule has 2 saturated heterocycles. The largest absolute Gasteiger partial charge is 0.369 e. The standard InChI is InChI=1S/C18H28N4O.2ClH/c1-3-20-10-12-21(13-11-20)17-6-4-16(5-7-17)18(23)22-9-8-19-14-15(22)2;;/h4-7,15,19H,3,8-14H2,1-2H3;2*1H/t15-;;/m0../s1. The molecular formula is C18H30Cl2N4O. The average Bonchev–Trinajstić information content (AvgIpc) is 2.62. The maximum absolute atomic E-state index is 12.7. The second-order valence-corrected chi connectivity index (χ2v) is 6.52. The van der Waals surface area contributed by atoms with Crippen LogP contribution < -0.4 is 10.2 Å².